The molecule has 18 heavy (non-hydrogen) atoms. The molecule has 1 aromatic carbocycles. The van der Waals surface area contributed by atoms with Crippen LogP contribution in [0.5, 0.6) is 5.75 Å². The molecule has 0 aliphatic rings. The van der Waals surface area contributed by atoms with Gasteiger partial charge in [-0.15, -0.1) is 0 Å². The van der Waals surface area contributed by atoms with E-state index in [1.807, 2.05) is 20.8 Å². The Morgan fingerprint density at radius 3 is 2.44 bits per heavy atom. The number of benzene rings is 1. The fourth-order valence-electron chi connectivity index (χ4n) is 1.57. The molecule has 0 heterocycles. The second-order valence-electron chi connectivity index (χ2n) is 3.91. The van der Waals surface area contributed by atoms with Crippen molar-refractivity contribution in [3.63, 3.8) is 0 Å². The zero-order valence-electron chi connectivity index (χ0n) is 11.2. The predicted molar refractivity (Wildman–Crippen MR) is 68.3 cm³/mol. The molecule has 0 bridgehead atoms. The molecule has 1 rings (SSSR count). The summed E-state index contributed by atoms with van der Waals surface area (Å²) < 4.78 is 29.6. The number of rotatable bonds is 8. The zero-order valence-corrected chi connectivity index (χ0v) is 11.2. The highest BCUT2D eigenvalue weighted by molar-refractivity contribution is 5.29. The second-order valence-corrected chi connectivity index (χ2v) is 3.91. The summed E-state index contributed by atoms with van der Waals surface area (Å²) in [4.78, 5) is 0. The fraction of sp³-hybridized carbons (Fsp3) is 0.571. The van der Waals surface area contributed by atoms with Gasteiger partial charge in [0, 0.05) is 19.6 Å². The highest BCUT2D eigenvalue weighted by Gasteiger charge is 2.09. The van der Waals surface area contributed by atoms with Gasteiger partial charge in [0.25, 0.3) is 0 Å². The van der Waals surface area contributed by atoms with Gasteiger partial charge in [0.2, 0.25) is 0 Å². The molecule has 0 aliphatic heterocycles. The van der Waals surface area contributed by atoms with Crippen LogP contribution in [0, 0.1) is 12.7 Å². The molecular formula is C14H21FO3. The van der Waals surface area contributed by atoms with Gasteiger partial charge in [-0.2, -0.15) is 0 Å². The smallest absolute Gasteiger partial charge is 0.165 e. The lowest BCUT2D eigenvalue weighted by atomic mass is 10.2. The van der Waals surface area contributed by atoms with Crippen molar-refractivity contribution >= 4 is 0 Å². The van der Waals surface area contributed by atoms with Crippen LogP contribution in [0.25, 0.3) is 0 Å². The predicted octanol–water partition coefficient (Wildman–Crippen LogP) is 3.30. The molecule has 0 atom stereocenters. The van der Waals surface area contributed by atoms with E-state index in [0.29, 0.717) is 26.2 Å². The Hall–Kier alpha value is -1.13. The van der Waals surface area contributed by atoms with Crippen LogP contribution >= 0.6 is 0 Å². The molecular weight excluding hydrogens is 235 g/mol. The molecule has 1 aromatic rings. The van der Waals surface area contributed by atoms with Gasteiger partial charge in [-0.05, 0) is 38.5 Å². The van der Waals surface area contributed by atoms with Crippen LogP contribution in [0.4, 0.5) is 4.39 Å². The first-order valence-corrected chi connectivity index (χ1v) is 6.29. The first-order valence-electron chi connectivity index (χ1n) is 6.29. The van der Waals surface area contributed by atoms with Crippen molar-refractivity contribution < 1.29 is 18.6 Å². The van der Waals surface area contributed by atoms with Crippen LogP contribution in [-0.4, -0.2) is 26.1 Å². The van der Waals surface area contributed by atoms with Crippen molar-refractivity contribution in [2.75, 3.05) is 19.8 Å². The van der Waals surface area contributed by atoms with Gasteiger partial charge in [-0.25, -0.2) is 4.39 Å². The van der Waals surface area contributed by atoms with Crippen molar-refractivity contribution in [2.45, 2.75) is 33.5 Å². The average molecular weight is 256 g/mol. The van der Waals surface area contributed by atoms with Crippen LogP contribution in [-0.2, 0) is 9.47 Å². The van der Waals surface area contributed by atoms with E-state index in [1.165, 1.54) is 6.07 Å². The Bertz CT molecular complexity index is 349. The van der Waals surface area contributed by atoms with Gasteiger partial charge in [0.1, 0.15) is 0 Å². The number of halogens is 1. The SMILES string of the molecule is CCOC(CCOc1cc(C)ccc1F)OCC. The van der Waals surface area contributed by atoms with Crippen LogP contribution in [0.3, 0.4) is 0 Å². The van der Waals surface area contributed by atoms with Crippen LogP contribution < -0.4 is 4.74 Å². The Kier molecular flexibility index (Phi) is 6.68. The third-order valence-electron chi connectivity index (χ3n) is 2.40. The molecule has 0 amide bonds. The minimum absolute atomic E-state index is 0.279. The van der Waals surface area contributed by atoms with Crippen molar-refractivity contribution in [3.05, 3.63) is 29.6 Å². The molecule has 3 nitrogen and oxygen atoms in total. The molecule has 0 radical (unpaired) electrons. The molecule has 0 aliphatic carbocycles. The molecule has 0 aromatic heterocycles. The Morgan fingerprint density at radius 1 is 1.17 bits per heavy atom. The summed E-state index contributed by atoms with van der Waals surface area (Å²) >= 11 is 0. The minimum atomic E-state index is -0.343. The van der Waals surface area contributed by atoms with Crippen molar-refractivity contribution in [2.24, 2.45) is 0 Å². The normalized spacial score (nSPS) is 10.9. The largest absolute Gasteiger partial charge is 0.490 e. The van der Waals surface area contributed by atoms with Crippen LogP contribution in [0.1, 0.15) is 25.8 Å². The number of hydrogen-bond donors (Lipinski definition) is 0. The highest BCUT2D eigenvalue weighted by Crippen LogP contribution is 2.18. The lowest BCUT2D eigenvalue weighted by molar-refractivity contribution is -0.142. The summed E-state index contributed by atoms with van der Waals surface area (Å²) in [6.45, 7) is 7.26. The maximum atomic E-state index is 13.4. The molecule has 0 N–H and O–H groups in total. The van der Waals surface area contributed by atoms with Crippen LogP contribution in [0.2, 0.25) is 0 Å². The maximum absolute atomic E-state index is 13.4. The quantitative estimate of drug-likeness (QED) is 0.668. The van der Waals surface area contributed by atoms with Gasteiger partial charge in [-0.3, -0.25) is 0 Å². The van der Waals surface area contributed by atoms with Gasteiger partial charge in [0.05, 0.1) is 6.61 Å². The standard InChI is InChI=1S/C14H21FO3/c1-4-16-14(17-5-2)8-9-18-13-10-11(3)6-7-12(13)15/h6-7,10,14H,4-5,8-9H2,1-3H3. The molecule has 0 saturated heterocycles. The summed E-state index contributed by atoms with van der Waals surface area (Å²) in [5.41, 5.74) is 0.970. The van der Waals surface area contributed by atoms with Crippen LogP contribution in [0.15, 0.2) is 18.2 Å². The van der Waals surface area contributed by atoms with Gasteiger partial charge in [-0.1, -0.05) is 6.07 Å². The fourth-order valence-corrected chi connectivity index (χ4v) is 1.57. The summed E-state index contributed by atoms with van der Waals surface area (Å²) in [7, 11) is 0. The van der Waals surface area contributed by atoms with Crippen molar-refractivity contribution in [1.29, 1.82) is 0 Å². The molecule has 0 fully saturated rings. The van der Waals surface area contributed by atoms with E-state index < -0.39 is 0 Å². The molecule has 0 saturated carbocycles. The van der Waals surface area contributed by atoms with Gasteiger partial charge < -0.3 is 14.2 Å². The van der Waals surface area contributed by atoms with Crippen molar-refractivity contribution in [1.82, 2.24) is 0 Å². The Balaban J connectivity index is 2.41. The summed E-state index contributed by atoms with van der Waals surface area (Å²) in [6, 6.07) is 4.81. The summed E-state index contributed by atoms with van der Waals surface area (Å²) in [6.07, 6.45) is 0.294. The maximum Gasteiger partial charge on any atom is 0.165 e. The Morgan fingerprint density at radius 2 is 1.83 bits per heavy atom. The number of aryl methyl sites for hydroxylation is 1. The molecule has 0 spiro atoms. The lowest BCUT2D eigenvalue weighted by Crippen LogP contribution is -2.20. The second kappa shape index (κ2) is 8.06. The lowest BCUT2D eigenvalue weighted by Gasteiger charge is -2.17. The van der Waals surface area contributed by atoms with E-state index in [1.54, 1.807) is 12.1 Å². The van der Waals surface area contributed by atoms with E-state index in [-0.39, 0.29) is 17.9 Å². The Labute approximate surface area is 108 Å². The van der Waals surface area contributed by atoms with E-state index in [9.17, 15) is 4.39 Å². The minimum Gasteiger partial charge on any atom is -0.490 e. The first-order chi connectivity index (χ1) is 8.67. The molecule has 4 heteroatoms. The molecule has 102 valence electrons. The zero-order chi connectivity index (χ0) is 13.4. The number of hydrogen-bond acceptors (Lipinski definition) is 3. The first kappa shape index (κ1) is 14.9. The van der Waals surface area contributed by atoms with Crippen molar-refractivity contribution in [3.8, 4) is 5.75 Å². The van der Waals surface area contributed by atoms with E-state index in [2.05, 4.69) is 0 Å². The third-order valence-corrected chi connectivity index (χ3v) is 2.40. The average Bonchev–Trinajstić information content (AvgIpc) is 2.34. The molecule has 0 unspecified atom stereocenters. The topological polar surface area (TPSA) is 27.7 Å². The van der Waals surface area contributed by atoms with E-state index in [0.717, 1.165) is 5.56 Å². The van der Waals surface area contributed by atoms with E-state index in [4.69, 9.17) is 14.2 Å². The summed E-state index contributed by atoms with van der Waals surface area (Å²) in [5.74, 6) is -0.0632. The highest BCUT2D eigenvalue weighted by atomic mass is 19.1. The van der Waals surface area contributed by atoms with Gasteiger partial charge in [0.15, 0.2) is 17.9 Å². The third kappa shape index (κ3) is 5.02. The number of ether oxygens (including phenoxy) is 3. The van der Waals surface area contributed by atoms with E-state index >= 15 is 0 Å². The summed E-state index contributed by atoms with van der Waals surface area (Å²) in [5, 5.41) is 0. The monoisotopic (exact) mass is 256 g/mol. The van der Waals surface area contributed by atoms with Gasteiger partial charge >= 0.3 is 0 Å².